The first-order valence-electron chi connectivity index (χ1n) is 15.5. The Morgan fingerprint density at radius 3 is 2.40 bits per heavy atom. The van der Waals surface area contributed by atoms with Crippen molar-refractivity contribution in [2.45, 2.75) is 79.0 Å². The minimum atomic E-state index is -1.10. The Kier molecular flexibility index (Phi) is 11.9. The summed E-state index contributed by atoms with van der Waals surface area (Å²) in [5.41, 5.74) is -0.614. The number of hydrogen-bond donors (Lipinski definition) is 2. The number of fused-ring (bicyclic) bond motifs is 1. The molecule has 3 aromatic rings. The highest BCUT2D eigenvalue weighted by atomic mass is 19.1. The van der Waals surface area contributed by atoms with E-state index in [0.29, 0.717) is 17.5 Å². The molecule has 3 amide bonds. The number of imidazole rings is 1. The number of carbonyl (C=O) groups excluding carboxylic acids is 4. The van der Waals surface area contributed by atoms with Crippen molar-refractivity contribution in [2.24, 2.45) is 5.41 Å². The van der Waals surface area contributed by atoms with Gasteiger partial charge in [0, 0.05) is 26.4 Å². The van der Waals surface area contributed by atoms with Crippen molar-refractivity contribution in [3.05, 3.63) is 70.2 Å². The van der Waals surface area contributed by atoms with Gasteiger partial charge in [0.2, 0.25) is 11.8 Å². The Labute approximate surface area is 279 Å². The summed E-state index contributed by atoms with van der Waals surface area (Å²) >= 11 is 0. The molecule has 1 atom stereocenters. The third-order valence-corrected chi connectivity index (χ3v) is 6.88. The van der Waals surface area contributed by atoms with E-state index in [1.54, 1.807) is 40.9 Å². The minimum Gasteiger partial charge on any atom is -0.453 e. The van der Waals surface area contributed by atoms with Crippen molar-refractivity contribution in [1.29, 1.82) is 0 Å². The van der Waals surface area contributed by atoms with Crippen molar-refractivity contribution >= 4 is 40.7 Å². The van der Waals surface area contributed by atoms with Gasteiger partial charge in [0.1, 0.15) is 29.0 Å². The molecule has 0 spiro atoms. The molecular formula is C34H45FN6O7. The second kappa shape index (κ2) is 15.3. The highest BCUT2D eigenvalue weighted by Gasteiger charge is 2.27. The van der Waals surface area contributed by atoms with Gasteiger partial charge >= 0.3 is 12.2 Å². The van der Waals surface area contributed by atoms with Gasteiger partial charge in [-0.3, -0.25) is 14.4 Å². The van der Waals surface area contributed by atoms with E-state index in [0.717, 1.165) is 7.11 Å². The van der Waals surface area contributed by atoms with Crippen LogP contribution in [0.4, 0.5) is 19.7 Å². The molecule has 0 saturated carbocycles. The number of allylic oxidation sites excluding steroid dienone is 1. The fourth-order valence-electron chi connectivity index (χ4n) is 4.78. The first-order valence-corrected chi connectivity index (χ1v) is 15.5. The molecular weight excluding hydrogens is 623 g/mol. The van der Waals surface area contributed by atoms with Crippen LogP contribution in [0, 0.1) is 11.2 Å². The molecule has 0 aliphatic heterocycles. The fourth-order valence-corrected chi connectivity index (χ4v) is 4.78. The average molecular weight is 669 g/mol. The molecule has 0 unspecified atom stereocenters. The van der Waals surface area contributed by atoms with Crippen molar-refractivity contribution in [1.82, 2.24) is 24.3 Å². The van der Waals surface area contributed by atoms with Crippen LogP contribution in [0.25, 0.3) is 11.0 Å². The second-order valence-corrected chi connectivity index (χ2v) is 13.8. The largest absolute Gasteiger partial charge is 0.453 e. The van der Waals surface area contributed by atoms with Gasteiger partial charge in [-0.2, -0.15) is 0 Å². The molecule has 2 heterocycles. The quantitative estimate of drug-likeness (QED) is 0.291. The number of methoxy groups -OCH3 is 1. The van der Waals surface area contributed by atoms with E-state index in [1.807, 2.05) is 20.8 Å². The maximum atomic E-state index is 14.9. The van der Waals surface area contributed by atoms with Gasteiger partial charge in [-0.25, -0.2) is 23.5 Å². The smallest absolute Gasteiger partial charge is 0.420 e. The zero-order chi connectivity index (χ0) is 36.0. The van der Waals surface area contributed by atoms with E-state index in [-0.39, 0.29) is 47.7 Å². The van der Waals surface area contributed by atoms with Gasteiger partial charge in [-0.15, -0.1) is 0 Å². The fraction of sp³-hybridized carbons (Fsp3) is 0.471. The van der Waals surface area contributed by atoms with Crippen LogP contribution in [-0.4, -0.2) is 75.9 Å². The number of likely N-dealkylation sites (N-methyl/N-ethyl adjacent to an activating group) is 1. The lowest BCUT2D eigenvalue weighted by molar-refractivity contribution is -0.123. The summed E-state index contributed by atoms with van der Waals surface area (Å²) in [6, 6.07) is 4.43. The van der Waals surface area contributed by atoms with Crippen molar-refractivity contribution in [2.75, 3.05) is 26.5 Å². The predicted molar refractivity (Wildman–Crippen MR) is 179 cm³/mol. The molecule has 0 saturated heterocycles. The highest BCUT2D eigenvalue weighted by Crippen LogP contribution is 2.29. The monoisotopic (exact) mass is 668 g/mol. The molecule has 2 aromatic heterocycles. The first-order chi connectivity index (χ1) is 22.3. The number of alkyl carbamates (subject to hydrolysis) is 1. The topological polar surface area (TPSA) is 154 Å². The van der Waals surface area contributed by atoms with Crippen LogP contribution in [0.2, 0.25) is 0 Å². The number of pyridine rings is 1. The van der Waals surface area contributed by atoms with E-state index in [4.69, 9.17) is 9.72 Å². The number of carbonyl (C=O) groups is 4. The SMILES string of the molecule is COC(=O)N[C@@H](CC/C=C/C(=O)N(C)C)C(=O)Nc1cccn(Cc2nc3c(CC(C)(C)C)cc(F)cc3n2C(=O)OC(C)(C)C)c1=O. The lowest BCUT2D eigenvalue weighted by Crippen LogP contribution is -2.44. The predicted octanol–water partition coefficient (Wildman–Crippen LogP) is 4.84. The van der Waals surface area contributed by atoms with Crippen LogP contribution in [0.15, 0.2) is 47.4 Å². The van der Waals surface area contributed by atoms with E-state index in [9.17, 15) is 28.4 Å². The summed E-state index contributed by atoms with van der Waals surface area (Å²) in [5, 5.41) is 5.01. The van der Waals surface area contributed by atoms with Crippen LogP contribution < -0.4 is 16.2 Å². The van der Waals surface area contributed by atoms with E-state index in [2.05, 4.69) is 15.4 Å². The Balaban J connectivity index is 1.99. The number of halogens is 1. The molecule has 13 nitrogen and oxygen atoms in total. The summed E-state index contributed by atoms with van der Waals surface area (Å²) in [7, 11) is 4.36. The number of anilines is 1. The minimum absolute atomic E-state index is 0.100. The van der Waals surface area contributed by atoms with Gasteiger partial charge in [-0.05, 0) is 75.3 Å². The van der Waals surface area contributed by atoms with Crippen LogP contribution in [-0.2, 0) is 32.0 Å². The zero-order valence-corrected chi connectivity index (χ0v) is 29.0. The van der Waals surface area contributed by atoms with Crippen LogP contribution in [0.3, 0.4) is 0 Å². The summed E-state index contributed by atoms with van der Waals surface area (Å²) in [5.74, 6) is -1.35. The maximum Gasteiger partial charge on any atom is 0.420 e. The van der Waals surface area contributed by atoms with Crippen LogP contribution >= 0.6 is 0 Å². The number of rotatable bonds is 10. The molecule has 0 radical (unpaired) electrons. The molecule has 14 heteroatoms. The van der Waals surface area contributed by atoms with Gasteiger partial charge in [0.05, 0.1) is 24.7 Å². The Morgan fingerprint density at radius 2 is 1.79 bits per heavy atom. The van der Waals surface area contributed by atoms with Crippen molar-refractivity contribution < 1.29 is 33.0 Å². The average Bonchev–Trinajstić information content (AvgIpc) is 3.32. The van der Waals surface area contributed by atoms with Gasteiger partial charge in [0.15, 0.2) is 0 Å². The number of aromatic nitrogens is 3. The molecule has 260 valence electrons. The zero-order valence-electron chi connectivity index (χ0n) is 29.0. The third-order valence-electron chi connectivity index (χ3n) is 6.88. The number of amides is 3. The van der Waals surface area contributed by atoms with Crippen LogP contribution in [0.1, 0.15) is 65.8 Å². The lowest BCUT2D eigenvalue weighted by atomic mass is 9.87. The van der Waals surface area contributed by atoms with Gasteiger partial charge in [0.25, 0.3) is 5.56 Å². The standard InChI is InChI=1S/C34H45FN6O7/c1-33(2,3)19-21-17-22(35)18-25-28(21)38-26(41(25)32(46)48-34(4,5)6)20-40-16-12-14-24(30(40)44)36-29(43)23(37-31(45)47-9)13-10-11-15-27(42)39(7)8/h11-12,14-18,23H,10,13,19-20H2,1-9H3,(H,36,43)(H,37,45)/b15-11+/t23-/m0/s1. The summed E-state index contributed by atoms with van der Waals surface area (Å²) in [6.45, 7) is 10.9. The lowest BCUT2D eigenvalue weighted by Gasteiger charge is -2.21. The molecule has 3 rings (SSSR count). The van der Waals surface area contributed by atoms with Crippen molar-refractivity contribution in [3.63, 3.8) is 0 Å². The van der Waals surface area contributed by atoms with Crippen molar-refractivity contribution in [3.8, 4) is 0 Å². The highest BCUT2D eigenvalue weighted by molar-refractivity contribution is 5.96. The molecule has 48 heavy (non-hydrogen) atoms. The summed E-state index contributed by atoms with van der Waals surface area (Å²) in [6.07, 6.45) is 3.59. The number of nitrogens with one attached hydrogen (secondary N) is 2. The number of benzene rings is 1. The third kappa shape index (κ3) is 10.2. The van der Waals surface area contributed by atoms with E-state index >= 15 is 0 Å². The molecule has 0 aliphatic rings. The summed E-state index contributed by atoms with van der Waals surface area (Å²) in [4.78, 5) is 70.2. The first kappa shape index (κ1) is 37.4. The van der Waals surface area contributed by atoms with Gasteiger partial charge < -0.3 is 29.6 Å². The molecule has 0 fully saturated rings. The molecule has 1 aromatic carbocycles. The number of ether oxygens (including phenoxy) is 2. The Morgan fingerprint density at radius 1 is 1.10 bits per heavy atom. The number of hydrogen-bond acceptors (Lipinski definition) is 8. The maximum absolute atomic E-state index is 14.9. The Hall–Kier alpha value is -5.01. The van der Waals surface area contributed by atoms with E-state index < -0.39 is 41.1 Å². The second-order valence-electron chi connectivity index (χ2n) is 13.8. The normalized spacial score (nSPS) is 12.5. The molecule has 2 N–H and O–H groups in total. The van der Waals surface area contributed by atoms with Crippen LogP contribution in [0.5, 0.6) is 0 Å². The summed E-state index contributed by atoms with van der Waals surface area (Å²) < 4.78 is 27.6. The number of nitrogens with zero attached hydrogens (tertiary/aromatic N) is 4. The Bertz CT molecular complexity index is 1760. The van der Waals surface area contributed by atoms with E-state index in [1.165, 1.54) is 50.6 Å². The molecule has 0 aliphatic carbocycles. The van der Waals surface area contributed by atoms with Gasteiger partial charge in [-0.1, -0.05) is 26.8 Å². The molecule has 0 bridgehead atoms.